The second kappa shape index (κ2) is 8.54. The van der Waals surface area contributed by atoms with E-state index in [0.717, 1.165) is 17.7 Å². The van der Waals surface area contributed by atoms with E-state index in [1.54, 1.807) is 0 Å². The first-order valence-electron chi connectivity index (χ1n) is 7.81. The lowest BCUT2D eigenvalue weighted by Gasteiger charge is -2.17. The topological polar surface area (TPSA) is 127 Å². The average Bonchev–Trinajstić information content (AvgIpc) is 2.60. The van der Waals surface area contributed by atoms with Crippen LogP contribution < -0.4 is 4.72 Å². The van der Waals surface area contributed by atoms with Crippen molar-refractivity contribution in [2.24, 2.45) is 0 Å². The SMILES string of the molecule is O=C(O)C[C@H](CCc1ccccc1)NS(=O)(=O)c1ccccc1[N+](=O)[O-]. The molecule has 0 aliphatic heterocycles. The summed E-state index contributed by atoms with van der Waals surface area (Å²) in [6.07, 6.45) is 0.293. The van der Waals surface area contributed by atoms with Gasteiger partial charge in [-0.05, 0) is 24.5 Å². The van der Waals surface area contributed by atoms with Gasteiger partial charge in [-0.25, -0.2) is 13.1 Å². The summed E-state index contributed by atoms with van der Waals surface area (Å²) in [6, 6.07) is 13.3. The fourth-order valence-electron chi connectivity index (χ4n) is 2.52. The van der Waals surface area contributed by atoms with Crippen LogP contribution in [0.15, 0.2) is 59.5 Å². The molecule has 2 aromatic rings. The molecule has 138 valence electrons. The summed E-state index contributed by atoms with van der Waals surface area (Å²) in [7, 11) is -4.24. The maximum Gasteiger partial charge on any atom is 0.304 e. The average molecular weight is 378 g/mol. The Kier molecular flexibility index (Phi) is 6.42. The Bertz CT molecular complexity index is 883. The minimum atomic E-state index is -4.24. The Hall–Kier alpha value is -2.78. The number of carbonyl (C=O) groups is 1. The Labute approximate surface area is 150 Å². The van der Waals surface area contributed by atoms with Gasteiger partial charge in [-0.2, -0.15) is 0 Å². The minimum absolute atomic E-state index is 0.246. The number of carboxylic acids is 1. The van der Waals surface area contributed by atoms with E-state index < -0.39 is 44.0 Å². The van der Waals surface area contributed by atoms with Crippen molar-refractivity contribution < 1.29 is 23.2 Å². The number of benzene rings is 2. The van der Waals surface area contributed by atoms with Crippen molar-refractivity contribution in [2.75, 3.05) is 0 Å². The molecular formula is C17H18N2O6S. The number of nitrogens with zero attached hydrogens (tertiary/aromatic N) is 1. The van der Waals surface area contributed by atoms with Gasteiger partial charge in [-0.15, -0.1) is 0 Å². The van der Waals surface area contributed by atoms with Crippen LogP contribution in [0.4, 0.5) is 5.69 Å². The van der Waals surface area contributed by atoms with Gasteiger partial charge in [0.25, 0.3) is 5.69 Å². The molecule has 9 heteroatoms. The molecule has 26 heavy (non-hydrogen) atoms. The maximum atomic E-state index is 12.6. The zero-order valence-electron chi connectivity index (χ0n) is 13.7. The number of hydrogen-bond donors (Lipinski definition) is 2. The number of para-hydroxylation sites is 1. The molecule has 0 spiro atoms. The monoisotopic (exact) mass is 378 g/mol. The molecule has 0 heterocycles. The van der Waals surface area contributed by atoms with Crippen LogP contribution in [0.5, 0.6) is 0 Å². The largest absolute Gasteiger partial charge is 0.481 e. The highest BCUT2D eigenvalue weighted by Gasteiger charge is 2.28. The maximum absolute atomic E-state index is 12.6. The zero-order chi connectivity index (χ0) is 19.2. The van der Waals surface area contributed by atoms with Crippen LogP contribution in [-0.2, 0) is 21.2 Å². The van der Waals surface area contributed by atoms with E-state index in [1.165, 1.54) is 12.1 Å². The lowest BCUT2D eigenvalue weighted by Crippen LogP contribution is -2.37. The molecule has 0 bridgehead atoms. The lowest BCUT2D eigenvalue weighted by molar-refractivity contribution is -0.387. The molecule has 0 aliphatic carbocycles. The van der Waals surface area contributed by atoms with Gasteiger partial charge in [0.1, 0.15) is 0 Å². The number of rotatable bonds is 9. The van der Waals surface area contributed by atoms with Gasteiger partial charge < -0.3 is 5.11 Å². The Morgan fingerprint density at radius 1 is 1.12 bits per heavy atom. The molecule has 0 radical (unpaired) electrons. The van der Waals surface area contributed by atoms with Crippen molar-refractivity contribution in [1.29, 1.82) is 0 Å². The highest BCUT2D eigenvalue weighted by molar-refractivity contribution is 7.89. The summed E-state index contributed by atoms with van der Waals surface area (Å²) in [5.74, 6) is -1.16. The van der Waals surface area contributed by atoms with Gasteiger partial charge >= 0.3 is 5.97 Å². The molecular weight excluding hydrogens is 360 g/mol. The van der Waals surface area contributed by atoms with E-state index in [1.807, 2.05) is 30.3 Å². The summed E-state index contributed by atoms with van der Waals surface area (Å²) in [5, 5.41) is 20.1. The standard InChI is InChI=1S/C17H18N2O6S/c20-17(21)12-14(11-10-13-6-2-1-3-7-13)18-26(24,25)16-9-5-4-8-15(16)19(22)23/h1-9,14,18H,10-12H2,(H,20,21)/t14-/m0/s1. The number of aliphatic carboxylic acids is 1. The second-order valence-corrected chi connectivity index (χ2v) is 7.35. The first kappa shape index (κ1) is 19.5. The number of nitro groups is 1. The third-order valence-corrected chi connectivity index (χ3v) is 5.29. The highest BCUT2D eigenvalue weighted by atomic mass is 32.2. The molecule has 8 nitrogen and oxygen atoms in total. The predicted molar refractivity (Wildman–Crippen MR) is 94.2 cm³/mol. The van der Waals surface area contributed by atoms with Crippen LogP contribution in [0.2, 0.25) is 0 Å². The van der Waals surface area contributed by atoms with Crippen LogP contribution in [0.1, 0.15) is 18.4 Å². The molecule has 0 unspecified atom stereocenters. The minimum Gasteiger partial charge on any atom is -0.481 e. The number of nitro benzene ring substituents is 1. The van der Waals surface area contributed by atoms with Crippen LogP contribution >= 0.6 is 0 Å². The Morgan fingerprint density at radius 2 is 1.73 bits per heavy atom. The van der Waals surface area contributed by atoms with E-state index in [9.17, 15) is 23.3 Å². The van der Waals surface area contributed by atoms with Crippen molar-refractivity contribution in [1.82, 2.24) is 4.72 Å². The molecule has 0 amide bonds. The van der Waals surface area contributed by atoms with Gasteiger partial charge in [0, 0.05) is 12.1 Å². The quantitative estimate of drug-likeness (QED) is 0.509. The molecule has 0 fully saturated rings. The number of aryl methyl sites for hydroxylation is 1. The van der Waals surface area contributed by atoms with Crippen molar-refractivity contribution in [2.45, 2.75) is 30.2 Å². The van der Waals surface area contributed by atoms with E-state index in [-0.39, 0.29) is 6.42 Å². The molecule has 2 rings (SSSR count). The van der Waals surface area contributed by atoms with E-state index in [2.05, 4.69) is 4.72 Å². The molecule has 2 aromatic carbocycles. The predicted octanol–water partition coefficient (Wildman–Crippen LogP) is 2.35. The Balaban J connectivity index is 2.21. The van der Waals surface area contributed by atoms with Crippen LogP contribution in [0.25, 0.3) is 0 Å². The van der Waals surface area contributed by atoms with E-state index >= 15 is 0 Å². The van der Waals surface area contributed by atoms with E-state index in [0.29, 0.717) is 6.42 Å². The lowest BCUT2D eigenvalue weighted by atomic mass is 10.0. The van der Waals surface area contributed by atoms with Gasteiger partial charge in [0.2, 0.25) is 10.0 Å². The van der Waals surface area contributed by atoms with Crippen LogP contribution in [-0.4, -0.2) is 30.5 Å². The first-order valence-corrected chi connectivity index (χ1v) is 9.29. The van der Waals surface area contributed by atoms with Crippen molar-refractivity contribution >= 4 is 21.7 Å². The first-order chi connectivity index (χ1) is 12.3. The van der Waals surface area contributed by atoms with Gasteiger partial charge in [-0.3, -0.25) is 14.9 Å². The van der Waals surface area contributed by atoms with Gasteiger partial charge in [0.15, 0.2) is 4.90 Å². The third-order valence-electron chi connectivity index (χ3n) is 3.72. The molecule has 0 saturated heterocycles. The van der Waals surface area contributed by atoms with Gasteiger partial charge in [0.05, 0.1) is 11.3 Å². The molecule has 0 aromatic heterocycles. The summed E-state index contributed by atoms with van der Waals surface area (Å²) in [6.45, 7) is 0. The number of sulfonamides is 1. The molecule has 0 saturated carbocycles. The fourth-order valence-corrected chi connectivity index (χ4v) is 3.96. The number of nitrogens with one attached hydrogen (secondary N) is 1. The molecule has 0 aliphatic rings. The third kappa shape index (κ3) is 5.36. The summed E-state index contributed by atoms with van der Waals surface area (Å²) in [4.78, 5) is 20.9. The second-order valence-electron chi connectivity index (χ2n) is 5.67. The zero-order valence-corrected chi connectivity index (χ0v) is 14.6. The summed E-state index contributed by atoms with van der Waals surface area (Å²) in [5.41, 5.74) is 0.380. The van der Waals surface area contributed by atoms with Gasteiger partial charge in [-0.1, -0.05) is 42.5 Å². The number of carboxylic acid groups (broad SMARTS) is 1. The fraction of sp³-hybridized carbons (Fsp3) is 0.235. The molecule has 2 N–H and O–H groups in total. The highest BCUT2D eigenvalue weighted by Crippen LogP contribution is 2.23. The van der Waals surface area contributed by atoms with Crippen molar-refractivity contribution in [3.05, 3.63) is 70.3 Å². The van der Waals surface area contributed by atoms with Crippen molar-refractivity contribution in [3.63, 3.8) is 0 Å². The Morgan fingerprint density at radius 3 is 2.35 bits per heavy atom. The smallest absolute Gasteiger partial charge is 0.304 e. The van der Waals surface area contributed by atoms with E-state index in [4.69, 9.17) is 5.11 Å². The number of hydrogen-bond acceptors (Lipinski definition) is 5. The summed E-state index contributed by atoms with van der Waals surface area (Å²) >= 11 is 0. The van der Waals surface area contributed by atoms with Crippen LogP contribution in [0.3, 0.4) is 0 Å². The normalized spacial score (nSPS) is 12.5. The summed E-state index contributed by atoms with van der Waals surface area (Å²) < 4.78 is 27.4. The molecule has 1 atom stereocenters. The van der Waals surface area contributed by atoms with Crippen molar-refractivity contribution in [3.8, 4) is 0 Å². The van der Waals surface area contributed by atoms with Crippen LogP contribution in [0, 0.1) is 10.1 Å².